The van der Waals surface area contributed by atoms with Crippen molar-refractivity contribution in [3.63, 3.8) is 0 Å². The van der Waals surface area contributed by atoms with Crippen molar-refractivity contribution in [1.29, 1.82) is 0 Å². The van der Waals surface area contributed by atoms with Crippen LogP contribution in [0.5, 0.6) is 0 Å². The summed E-state index contributed by atoms with van der Waals surface area (Å²) in [6.07, 6.45) is 2.29. The minimum Gasteiger partial charge on any atom is -0.282 e. The van der Waals surface area contributed by atoms with Crippen molar-refractivity contribution in [2.45, 2.75) is 38.8 Å². The lowest BCUT2D eigenvalue weighted by Crippen LogP contribution is -2.03. The van der Waals surface area contributed by atoms with Crippen molar-refractivity contribution in [3.8, 4) is 0 Å². The third-order valence-corrected chi connectivity index (χ3v) is 3.48. The highest BCUT2D eigenvalue weighted by atomic mass is 32.2. The van der Waals surface area contributed by atoms with Crippen molar-refractivity contribution >= 4 is 16.9 Å². The predicted octanol–water partition coefficient (Wildman–Crippen LogP) is 4.48. The lowest BCUT2D eigenvalue weighted by molar-refractivity contribution is 0.108. The Kier molecular flexibility index (Phi) is 6.94. The van der Waals surface area contributed by atoms with E-state index in [4.69, 9.17) is 0 Å². The molecule has 0 aromatic heterocycles. The maximum Gasteiger partial charge on any atom is 0.219 e. The standard InChI is InChI=1S/C14H19FOS/c1-2-3-9-13(15)10-11-17-14(16)12-7-5-4-6-8-12/h4-8,13H,2-3,9-11H2,1H3. The Morgan fingerprint density at radius 2 is 2.00 bits per heavy atom. The number of carbonyl (C=O) groups is 1. The summed E-state index contributed by atoms with van der Waals surface area (Å²) in [5.41, 5.74) is 0.696. The molecule has 0 bridgehead atoms. The monoisotopic (exact) mass is 254 g/mol. The first-order valence-electron chi connectivity index (χ1n) is 6.10. The summed E-state index contributed by atoms with van der Waals surface area (Å²) in [7, 11) is 0. The number of halogens is 1. The molecule has 1 unspecified atom stereocenters. The second kappa shape index (κ2) is 8.29. The molecule has 0 N–H and O–H groups in total. The topological polar surface area (TPSA) is 17.1 Å². The highest BCUT2D eigenvalue weighted by Gasteiger charge is 2.09. The van der Waals surface area contributed by atoms with Gasteiger partial charge in [-0.25, -0.2) is 4.39 Å². The first kappa shape index (κ1) is 14.2. The molecule has 0 aliphatic heterocycles. The SMILES string of the molecule is CCCCC(F)CCSC(=O)c1ccccc1. The summed E-state index contributed by atoms with van der Waals surface area (Å²) < 4.78 is 13.3. The summed E-state index contributed by atoms with van der Waals surface area (Å²) in [5.74, 6) is 0.568. The summed E-state index contributed by atoms with van der Waals surface area (Å²) in [4.78, 5) is 11.7. The van der Waals surface area contributed by atoms with Crippen molar-refractivity contribution in [2.24, 2.45) is 0 Å². The van der Waals surface area contributed by atoms with E-state index in [9.17, 15) is 9.18 Å². The van der Waals surface area contributed by atoms with Gasteiger partial charge < -0.3 is 0 Å². The maximum absolute atomic E-state index is 13.3. The second-order valence-corrected chi connectivity index (χ2v) is 5.10. The van der Waals surface area contributed by atoms with Gasteiger partial charge in [-0.1, -0.05) is 61.9 Å². The fraction of sp³-hybridized carbons (Fsp3) is 0.500. The average Bonchev–Trinajstić information content (AvgIpc) is 2.37. The van der Waals surface area contributed by atoms with Gasteiger partial charge in [0.2, 0.25) is 5.12 Å². The van der Waals surface area contributed by atoms with Crippen LogP contribution in [-0.4, -0.2) is 17.0 Å². The number of carbonyl (C=O) groups excluding carboxylic acids is 1. The van der Waals surface area contributed by atoms with Crippen LogP contribution in [0.1, 0.15) is 43.0 Å². The largest absolute Gasteiger partial charge is 0.282 e. The molecule has 0 fully saturated rings. The molecule has 0 heterocycles. The third-order valence-electron chi connectivity index (χ3n) is 2.54. The molecule has 1 atom stereocenters. The van der Waals surface area contributed by atoms with Crippen molar-refractivity contribution in [2.75, 3.05) is 5.75 Å². The molecule has 0 amide bonds. The lowest BCUT2D eigenvalue weighted by Gasteiger charge is -2.06. The summed E-state index contributed by atoms with van der Waals surface area (Å²) >= 11 is 1.21. The van der Waals surface area contributed by atoms with E-state index in [1.165, 1.54) is 11.8 Å². The number of hydrogen-bond donors (Lipinski definition) is 0. The van der Waals surface area contributed by atoms with Crippen molar-refractivity contribution in [3.05, 3.63) is 35.9 Å². The third kappa shape index (κ3) is 5.87. The van der Waals surface area contributed by atoms with Crippen LogP contribution >= 0.6 is 11.8 Å². The molecular weight excluding hydrogens is 235 g/mol. The molecule has 0 saturated carbocycles. The first-order valence-corrected chi connectivity index (χ1v) is 7.09. The Morgan fingerprint density at radius 1 is 1.29 bits per heavy atom. The van der Waals surface area contributed by atoms with E-state index in [-0.39, 0.29) is 5.12 Å². The van der Waals surface area contributed by atoms with Crippen LogP contribution in [0.15, 0.2) is 30.3 Å². The number of rotatable bonds is 7. The number of hydrogen-bond acceptors (Lipinski definition) is 2. The number of alkyl halides is 1. The van der Waals surface area contributed by atoms with E-state index in [1.54, 1.807) is 12.1 Å². The van der Waals surface area contributed by atoms with Crippen LogP contribution in [0.3, 0.4) is 0 Å². The summed E-state index contributed by atoms with van der Waals surface area (Å²) in [5, 5.41) is 0.0355. The molecule has 1 aromatic rings. The summed E-state index contributed by atoms with van der Waals surface area (Å²) in [6.45, 7) is 2.06. The molecule has 1 nitrogen and oxygen atoms in total. The van der Waals surface area contributed by atoms with Crippen molar-refractivity contribution < 1.29 is 9.18 Å². The Bertz CT molecular complexity index is 326. The molecule has 17 heavy (non-hydrogen) atoms. The van der Waals surface area contributed by atoms with Gasteiger partial charge in [0.25, 0.3) is 0 Å². The van der Waals surface area contributed by atoms with E-state index < -0.39 is 6.17 Å². The number of benzene rings is 1. The fourth-order valence-corrected chi connectivity index (χ4v) is 2.37. The fourth-order valence-electron chi connectivity index (χ4n) is 1.51. The molecule has 0 spiro atoms. The van der Waals surface area contributed by atoms with E-state index >= 15 is 0 Å². The van der Waals surface area contributed by atoms with Crippen LogP contribution in [0.2, 0.25) is 0 Å². The number of thioether (sulfide) groups is 1. The summed E-state index contributed by atoms with van der Waals surface area (Å²) in [6, 6.07) is 9.14. The average molecular weight is 254 g/mol. The van der Waals surface area contributed by atoms with E-state index in [2.05, 4.69) is 6.92 Å². The molecule has 94 valence electrons. The van der Waals surface area contributed by atoms with E-state index in [0.29, 0.717) is 24.2 Å². The van der Waals surface area contributed by atoms with Crippen LogP contribution in [-0.2, 0) is 0 Å². The molecule has 0 aliphatic carbocycles. The Balaban J connectivity index is 2.21. The molecule has 1 rings (SSSR count). The highest BCUT2D eigenvalue weighted by molar-refractivity contribution is 8.14. The van der Waals surface area contributed by atoms with Crippen LogP contribution in [0, 0.1) is 0 Å². The van der Waals surface area contributed by atoms with Gasteiger partial charge in [-0.05, 0) is 12.8 Å². The van der Waals surface area contributed by atoms with Crippen molar-refractivity contribution in [1.82, 2.24) is 0 Å². The normalized spacial score (nSPS) is 12.4. The molecule has 0 radical (unpaired) electrons. The van der Waals surface area contributed by atoms with Gasteiger partial charge in [0.05, 0.1) is 0 Å². The zero-order valence-corrected chi connectivity index (χ0v) is 11.0. The maximum atomic E-state index is 13.3. The van der Waals surface area contributed by atoms with Gasteiger partial charge in [0.1, 0.15) is 6.17 Å². The van der Waals surface area contributed by atoms with Crippen LogP contribution < -0.4 is 0 Å². The van der Waals surface area contributed by atoms with Gasteiger partial charge >= 0.3 is 0 Å². The quantitative estimate of drug-likeness (QED) is 0.713. The lowest BCUT2D eigenvalue weighted by atomic mass is 10.1. The minimum atomic E-state index is -0.758. The van der Waals surface area contributed by atoms with E-state index in [1.807, 2.05) is 18.2 Å². The zero-order valence-electron chi connectivity index (χ0n) is 10.2. The number of unbranched alkanes of at least 4 members (excludes halogenated alkanes) is 1. The second-order valence-electron chi connectivity index (χ2n) is 4.03. The molecule has 0 aliphatic rings. The van der Waals surface area contributed by atoms with Gasteiger partial charge in [-0.2, -0.15) is 0 Å². The molecular formula is C14H19FOS. The van der Waals surface area contributed by atoms with E-state index in [0.717, 1.165) is 12.8 Å². The predicted molar refractivity (Wildman–Crippen MR) is 72.3 cm³/mol. The molecule has 0 saturated heterocycles. The zero-order chi connectivity index (χ0) is 12.5. The Labute approximate surface area is 107 Å². The van der Waals surface area contributed by atoms with Gasteiger partial charge in [0, 0.05) is 11.3 Å². The smallest absolute Gasteiger partial charge is 0.219 e. The van der Waals surface area contributed by atoms with Gasteiger partial charge in [-0.3, -0.25) is 4.79 Å². The Hall–Kier alpha value is -0.830. The van der Waals surface area contributed by atoms with Gasteiger partial charge in [0.15, 0.2) is 0 Å². The molecule has 1 aromatic carbocycles. The Morgan fingerprint density at radius 3 is 2.65 bits per heavy atom. The van der Waals surface area contributed by atoms with Crippen LogP contribution in [0.25, 0.3) is 0 Å². The highest BCUT2D eigenvalue weighted by Crippen LogP contribution is 2.16. The van der Waals surface area contributed by atoms with Gasteiger partial charge in [-0.15, -0.1) is 0 Å². The minimum absolute atomic E-state index is 0.0355. The molecule has 3 heteroatoms. The van der Waals surface area contributed by atoms with Crippen LogP contribution in [0.4, 0.5) is 4.39 Å². The first-order chi connectivity index (χ1) is 8.24.